The van der Waals surface area contributed by atoms with Gasteiger partial charge in [-0.05, 0) is 59.7 Å². The van der Waals surface area contributed by atoms with Crippen LogP contribution in [-0.2, 0) is 6.42 Å². The van der Waals surface area contributed by atoms with Crippen molar-refractivity contribution in [3.8, 4) is 0 Å². The van der Waals surface area contributed by atoms with Gasteiger partial charge in [-0.2, -0.15) is 0 Å². The molecule has 1 atom stereocenters. The van der Waals surface area contributed by atoms with E-state index in [2.05, 4.69) is 46.5 Å². The molecule has 0 aliphatic carbocycles. The van der Waals surface area contributed by atoms with Crippen LogP contribution in [0.1, 0.15) is 50.6 Å². The van der Waals surface area contributed by atoms with Gasteiger partial charge in [-0.1, -0.05) is 19.0 Å². The summed E-state index contributed by atoms with van der Waals surface area (Å²) in [7, 11) is 1.81. The third-order valence-corrected chi connectivity index (χ3v) is 4.46. The molecule has 146 valence electrons. The van der Waals surface area contributed by atoms with Crippen molar-refractivity contribution in [2.75, 3.05) is 33.2 Å². The molecule has 1 rings (SSSR count). The highest BCUT2D eigenvalue weighted by Gasteiger charge is 2.10. The predicted octanol–water partition coefficient (Wildman–Crippen LogP) is 3.13. The van der Waals surface area contributed by atoms with Crippen LogP contribution in [0.3, 0.4) is 0 Å². The molecule has 1 unspecified atom stereocenters. The molecule has 6 nitrogen and oxygen atoms in total. The summed E-state index contributed by atoms with van der Waals surface area (Å²) < 4.78 is 5.20. The first-order valence-corrected chi connectivity index (χ1v) is 9.13. The topological polar surface area (TPSA) is 65.7 Å². The van der Waals surface area contributed by atoms with E-state index >= 15 is 0 Å². The lowest BCUT2D eigenvalue weighted by Crippen LogP contribution is -2.43. The van der Waals surface area contributed by atoms with Gasteiger partial charge in [0.05, 0.1) is 5.69 Å². The van der Waals surface area contributed by atoms with Crippen LogP contribution in [0.15, 0.2) is 9.52 Å². The van der Waals surface area contributed by atoms with Crippen LogP contribution in [0.2, 0.25) is 0 Å². The first-order chi connectivity index (χ1) is 11.5. The molecule has 1 heterocycles. The van der Waals surface area contributed by atoms with E-state index in [0.29, 0.717) is 6.04 Å². The van der Waals surface area contributed by atoms with Gasteiger partial charge >= 0.3 is 0 Å². The fraction of sp³-hybridized carbons (Fsp3) is 0.778. The molecule has 0 bridgehead atoms. The van der Waals surface area contributed by atoms with Gasteiger partial charge < -0.3 is 20.1 Å². The summed E-state index contributed by atoms with van der Waals surface area (Å²) >= 11 is 0. The third kappa shape index (κ3) is 8.89. The summed E-state index contributed by atoms with van der Waals surface area (Å²) in [5.41, 5.74) is 2.16. The number of aryl methyl sites for hydroxylation is 2. The number of rotatable bonds is 10. The Kier molecular flexibility index (Phi) is 12.9. The van der Waals surface area contributed by atoms with E-state index in [1.165, 1.54) is 12.0 Å². The van der Waals surface area contributed by atoms with E-state index in [9.17, 15) is 0 Å². The third-order valence-electron chi connectivity index (χ3n) is 4.46. The highest BCUT2D eigenvalue weighted by Crippen LogP contribution is 2.12. The molecule has 0 aliphatic heterocycles. The molecule has 7 heteroatoms. The van der Waals surface area contributed by atoms with E-state index in [4.69, 9.17) is 4.52 Å². The number of hydrogen-bond acceptors (Lipinski definition) is 4. The van der Waals surface area contributed by atoms with Crippen LogP contribution in [0.25, 0.3) is 0 Å². The average Bonchev–Trinajstić information content (AvgIpc) is 2.89. The van der Waals surface area contributed by atoms with Gasteiger partial charge in [0.15, 0.2) is 5.96 Å². The number of nitrogens with one attached hydrogen (secondary N) is 2. The zero-order valence-electron chi connectivity index (χ0n) is 16.7. The van der Waals surface area contributed by atoms with Crippen molar-refractivity contribution in [2.45, 2.75) is 59.9 Å². The van der Waals surface area contributed by atoms with Crippen molar-refractivity contribution in [3.63, 3.8) is 0 Å². The van der Waals surface area contributed by atoms with Crippen molar-refractivity contribution < 1.29 is 4.52 Å². The number of aromatic nitrogens is 1. The summed E-state index contributed by atoms with van der Waals surface area (Å²) in [6.45, 7) is 14.8. The normalized spacial score (nSPS) is 12.8. The molecule has 0 fully saturated rings. The second-order valence-corrected chi connectivity index (χ2v) is 6.27. The second-order valence-electron chi connectivity index (χ2n) is 6.27. The summed E-state index contributed by atoms with van der Waals surface area (Å²) in [4.78, 5) is 6.77. The molecule has 0 aliphatic rings. The number of hydrogen-bond donors (Lipinski definition) is 2. The molecule has 0 spiro atoms. The zero-order chi connectivity index (χ0) is 17.9. The fourth-order valence-electron chi connectivity index (χ4n) is 2.83. The lowest BCUT2D eigenvalue weighted by molar-refractivity contribution is 0.292. The van der Waals surface area contributed by atoms with Gasteiger partial charge in [0.2, 0.25) is 0 Å². The van der Waals surface area contributed by atoms with Crippen molar-refractivity contribution >= 4 is 29.9 Å². The minimum Gasteiger partial charge on any atom is -0.361 e. The van der Waals surface area contributed by atoms with Gasteiger partial charge in [0.25, 0.3) is 0 Å². The number of halogens is 1. The van der Waals surface area contributed by atoms with Crippen molar-refractivity contribution in [3.05, 3.63) is 17.0 Å². The van der Waals surface area contributed by atoms with E-state index in [0.717, 1.165) is 56.4 Å². The molecule has 0 saturated heterocycles. The lowest BCUT2D eigenvalue weighted by atomic mass is 10.1. The van der Waals surface area contributed by atoms with Crippen LogP contribution >= 0.6 is 24.0 Å². The maximum atomic E-state index is 5.20. The van der Waals surface area contributed by atoms with Crippen LogP contribution in [0.4, 0.5) is 0 Å². The van der Waals surface area contributed by atoms with Gasteiger partial charge in [-0.3, -0.25) is 4.99 Å². The van der Waals surface area contributed by atoms with Gasteiger partial charge in [-0.25, -0.2) is 0 Å². The minimum absolute atomic E-state index is 0. The zero-order valence-corrected chi connectivity index (χ0v) is 19.0. The van der Waals surface area contributed by atoms with Gasteiger partial charge in [0, 0.05) is 25.2 Å². The van der Waals surface area contributed by atoms with Crippen molar-refractivity contribution in [1.82, 2.24) is 20.7 Å². The highest BCUT2D eigenvalue weighted by atomic mass is 127. The first-order valence-electron chi connectivity index (χ1n) is 9.13. The average molecular weight is 465 g/mol. The van der Waals surface area contributed by atoms with Crippen LogP contribution in [0, 0.1) is 13.8 Å². The first kappa shape index (κ1) is 24.2. The Labute approximate surface area is 170 Å². The highest BCUT2D eigenvalue weighted by molar-refractivity contribution is 14.0. The van der Waals surface area contributed by atoms with E-state index < -0.39 is 0 Å². The summed E-state index contributed by atoms with van der Waals surface area (Å²) in [5, 5.41) is 10.8. The molecule has 0 amide bonds. The van der Waals surface area contributed by atoms with Gasteiger partial charge in [0.1, 0.15) is 5.76 Å². The quantitative estimate of drug-likeness (QED) is 0.316. The maximum absolute atomic E-state index is 5.20. The number of guanidine groups is 1. The van der Waals surface area contributed by atoms with Crippen LogP contribution in [-0.4, -0.2) is 55.3 Å². The number of nitrogens with zero attached hydrogens (tertiary/aromatic N) is 3. The van der Waals surface area contributed by atoms with Gasteiger partial charge in [-0.15, -0.1) is 24.0 Å². The Bertz CT molecular complexity index is 480. The summed E-state index contributed by atoms with van der Waals surface area (Å²) in [6, 6.07) is 0.408. The largest absolute Gasteiger partial charge is 0.361 e. The Hall–Kier alpha value is -0.830. The Morgan fingerprint density at radius 1 is 1.28 bits per heavy atom. The summed E-state index contributed by atoms with van der Waals surface area (Å²) in [5.74, 6) is 1.76. The Balaban J connectivity index is 0.00000576. The molecule has 1 aromatic heterocycles. The molecule has 25 heavy (non-hydrogen) atoms. The van der Waals surface area contributed by atoms with E-state index in [-0.39, 0.29) is 24.0 Å². The molecular weight excluding hydrogens is 429 g/mol. The summed E-state index contributed by atoms with van der Waals surface area (Å²) in [6.07, 6.45) is 3.23. The second kappa shape index (κ2) is 13.4. The van der Waals surface area contributed by atoms with Crippen molar-refractivity contribution in [2.24, 2.45) is 4.99 Å². The van der Waals surface area contributed by atoms with Crippen molar-refractivity contribution in [1.29, 1.82) is 0 Å². The number of aliphatic imine (C=N–C) groups is 1. The molecule has 0 radical (unpaired) electrons. The fourth-order valence-corrected chi connectivity index (χ4v) is 2.83. The monoisotopic (exact) mass is 465 g/mol. The SMILES string of the molecule is CCN(CC)CCCC(C)NC(=NC)NCCc1c(C)noc1C.I. The van der Waals surface area contributed by atoms with E-state index in [1.807, 2.05) is 20.9 Å². The van der Waals surface area contributed by atoms with Crippen LogP contribution < -0.4 is 10.6 Å². The maximum Gasteiger partial charge on any atom is 0.191 e. The Morgan fingerprint density at radius 3 is 2.48 bits per heavy atom. The molecule has 2 N–H and O–H groups in total. The smallest absolute Gasteiger partial charge is 0.191 e. The lowest BCUT2D eigenvalue weighted by Gasteiger charge is -2.21. The molecule has 1 aromatic rings. The van der Waals surface area contributed by atoms with Crippen LogP contribution in [0.5, 0.6) is 0 Å². The molecule has 0 saturated carbocycles. The Morgan fingerprint density at radius 2 is 1.96 bits per heavy atom. The molecular formula is C18H36IN5O. The standard InChI is InChI=1S/C18H35N5O.HI/c1-7-23(8-2)13-9-10-14(3)21-18(19-6)20-12-11-17-15(4)22-24-16(17)5;/h14H,7-13H2,1-6H3,(H2,19,20,21);1H. The minimum atomic E-state index is 0. The molecule has 0 aromatic carbocycles. The van der Waals surface area contributed by atoms with E-state index in [1.54, 1.807) is 0 Å². The predicted molar refractivity (Wildman–Crippen MR) is 116 cm³/mol.